The van der Waals surface area contributed by atoms with Crippen LogP contribution in [0.2, 0.25) is 0 Å². The van der Waals surface area contributed by atoms with Crippen molar-refractivity contribution in [3.63, 3.8) is 0 Å². The Morgan fingerprint density at radius 1 is 1.42 bits per heavy atom. The van der Waals surface area contributed by atoms with Gasteiger partial charge in [-0.3, -0.25) is 4.79 Å². The Labute approximate surface area is 79.3 Å². The molecule has 0 aromatic rings. The normalized spacial score (nSPS) is 18.4. The highest BCUT2D eigenvalue weighted by atomic mass is 32.2. The second-order valence-corrected chi connectivity index (χ2v) is 4.90. The molecule has 0 saturated heterocycles. The van der Waals surface area contributed by atoms with Crippen LogP contribution in [-0.4, -0.2) is 10.9 Å². The van der Waals surface area contributed by atoms with Crippen LogP contribution in [0.5, 0.6) is 0 Å². The van der Waals surface area contributed by atoms with Crippen molar-refractivity contribution in [1.82, 2.24) is 0 Å². The highest BCUT2D eigenvalue weighted by Crippen LogP contribution is 2.28. The molecule has 2 heteroatoms. The fourth-order valence-electron chi connectivity index (χ4n) is 1.89. The molecule has 1 aliphatic rings. The molecule has 0 spiro atoms. The van der Waals surface area contributed by atoms with Crippen LogP contribution < -0.4 is 0 Å². The molecular formula is C10H18OS. The molecule has 0 amide bonds. The Morgan fingerprint density at radius 2 is 2.08 bits per heavy atom. The first-order valence-electron chi connectivity index (χ1n) is 4.92. The number of carbonyl (C=O) groups is 1. The molecule has 12 heavy (non-hydrogen) atoms. The van der Waals surface area contributed by atoms with Gasteiger partial charge in [0, 0.05) is 12.7 Å². The Morgan fingerprint density at radius 3 is 2.67 bits per heavy atom. The average Bonchev–Trinajstić information content (AvgIpc) is 2.49. The summed E-state index contributed by atoms with van der Waals surface area (Å²) in [6, 6.07) is 0. The maximum Gasteiger partial charge on any atom is 0.185 e. The smallest absolute Gasteiger partial charge is 0.185 e. The predicted octanol–water partition coefficient (Wildman–Crippen LogP) is 3.24. The van der Waals surface area contributed by atoms with E-state index in [1.54, 1.807) is 6.92 Å². The highest BCUT2D eigenvalue weighted by Gasteiger charge is 2.13. The van der Waals surface area contributed by atoms with Gasteiger partial charge in [-0.05, 0) is 18.8 Å². The van der Waals surface area contributed by atoms with E-state index in [1.165, 1.54) is 50.3 Å². The summed E-state index contributed by atoms with van der Waals surface area (Å²) in [5.41, 5.74) is 0. The van der Waals surface area contributed by atoms with Crippen molar-refractivity contribution in [2.75, 3.05) is 5.75 Å². The molecule has 0 unspecified atom stereocenters. The quantitative estimate of drug-likeness (QED) is 0.627. The summed E-state index contributed by atoms with van der Waals surface area (Å²) in [7, 11) is 0. The van der Waals surface area contributed by atoms with Crippen molar-refractivity contribution in [3.8, 4) is 0 Å². The van der Waals surface area contributed by atoms with Crippen molar-refractivity contribution >= 4 is 16.9 Å². The number of carbonyl (C=O) groups excluding carboxylic acids is 1. The van der Waals surface area contributed by atoms with Crippen LogP contribution in [0.4, 0.5) is 0 Å². The lowest BCUT2D eigenvalue weighted by molar-refractivity contribution is -0.109. The third kappa shape index (κ3) is 4.15. The first-order chi connectivity index (χ1) is 5.79. The second-order valence-electron chi connectivity index (χ2n) is 3.63. The van der Waals surface area contributed by atoms with E-state index in [0.29, 0.717) is 0 Å². The van der Waals surface area contributed by atoms with E-state index in [-0.39, 0.29) is 5.12 Å². The Balaban J connectivity index is 1.91. The molecule has 0 heterocycles. The number of rotatable bonds is 4. The lowest BCUT2D eigenvalue weighted by atomic mass is 10.0. The van der Waals surface area contributed by atoms with E-state index in [9.17, 15) is 4.79 Å². The van der Waals surface area contributed by atoms with E-state index in [4.69, 9.17) is 0 Å². The molecular weight excluding hydrogens is 168 g/mol. The molecule has 70 valence electrons. The van der Waals surface area contributed by atoms with Gasteiger partial charge in [0.2, 0.25) is 0 Å². The van der Waals surface area contributed by atoms with Crippen LogP contribution in [-0.2, 0) is 4.79 Å². The topological polar surface area (TPSA) is 17.1 Å². The number of hydrogen-bond acceptors (Lipinski definition) is 2. The van der Waals surface area contributed by atoms with E-state index in [1.807, 2.05) is 0 Å². The summed E-state index contributed by atoms with van der Waals surface area (Å²) in [6.45, 7) is 1.65. The minimum Gasteiger partial charge on any atom is -0.288 e. The largest absolute Gasteiger partial charge is 0.288 e. The van der Waals surface area contributed by atoms with E-state index in [2.05, 4.69) is 0 Å². The third-order valence-electron chi connectivity index (χ3n) is 2.54. The van der Waals surface area contributed by atoms with Gasteiger partial charge in [-0.25, -0.2) is 0 Å². The summed E-state index contributed by atoms with van der Waals surface area (Å²) < 4.78 is 0. The van der Waals surface area contributed by atoms with Gasteiger partial charge in [0.15, 0.2) is 5.12 Å². The minimum atomic E-state index is 0.265. The summed E-state index contributed by atoms with van der Waals surface area (Å²) in [5, 5.41) is 0.265. The van der Waals surface area contributed by atoms with Gasteiger partial charge in [-0.2, -0.15) is 0 Å². The van der Waals surface area contributed by atoms with Crippen LogP contribution in [0, 0.1) is 5.92 Å². The minimum absolute atomic E-state index is 0.265. The summed E-state index contributed by atoms with van der Waals surface area (Å²) in [5.74, 6) is 2.02. The zero-order valence-electron chi connectivity index (χ0n) is 7.84. The molecule has 0 radical (unpaired) electrons. The number of thioether (sulfide) groups is 1. The van der Waals surface area contributed by atoms with E-state index >= 15 is 0 Å². The molecule has 1 aliphatic carbocycles. The van der Waals surface area contributed by atoms with E-state index in [0.717, 1.165) is 11.7 Å². The maximum atomic E-state index is 10.6. The lowest BCUT2D eigenvalue weighted by Crippen LogP contribution is -1.95. The van der Waals surface area contributed by atoms with Gasteiger partial charge >= 0.3 is 0 Å². The molecule has 1 nitrogen and oxygen atoms in total. The highest BCUT2D eigenvalue weighted by molar-refractivity contribution is 8.13. The second kappa shape index (κ2) is 5.63. The fourth-order valence-corrected chi connectivity index (χ4v) is 2.49. The van der Waals surface area contributed by atoms with Crippen LogP contribution in [0.3, 0.4) is 0 Å². The van der Waals surface area contributed by atoms with Crippen molar-refractivity contribution in [2.45, 2.75) is 45.4 Å². The Hall–Kier alpha value is 0.0200. The third-order valence-corrected chi connectivity index (χ3v) is 3.44. The van der Waals surface area contributed by atoms with Crippen molar-refractivity contribution in [2.24, 2.45) is 5.92 Å². The SMILES string of the molecule is CC(=O)SCCCC1CCCC1. The van der Waals surface area contributed by atoms with E-state index < -0.39 is 0 Å². The molecule has 0 aliphatic heterocycles. The summed E-state index contributed by atoms with van der Waals surface area (Å²) in [4.78, 5) is 10.6. The van der Waals surface area contributed by atoms with Crippen molar-refractivity contribution in [1.29, 1.82) is 0 Å². The first-order valence-corrected chi connectivity index (χ1v) is 5.91. The molecule has 1 fully saturated rings. The number of hydrogen-bond donors (Lipinski definition) is 0. The molecule has 1 saturated carbocycles. The zero-order chi connectivity index (χ0) is 8.81. The van der Waals surface area contributed by atoms with Gasteiger partial charge in [-0.15, -0.1) is 0 Å². The van der Waals surface area contributed by atoms with Crippen LogP contribution in [0.15, 0.2) is 0 Å². The lowest BCUT2D eigenvalue weighted by Gasteiger charge is -2.06. The van der Waals surface area contributed by atoms with Crippen molar-refractivity contribution in [3.05, 3.63) is 0 Å². The Kier molecular flexibility index (Phi) is 4.74. The summed E-state index contributed by atoms with van der Waals surface area (Å²) >= 11 is 1.48. The molecule has 0 bridgehead atoms. The van der Waals surface area contributed by atoms with Gasteiger partial charge in [0.05, 0.1) is 0 Å². The van der Waals surface area contributed by atoms with Gasteiger partial charge < -0.3 is 0 Å². The summed E-state index contributed by atoms with van der Waals surface area (Å²) in [6.07, 6.45) is 8.32. The average molecular weight is 186 g/mol. The predicted molar refractivity (Wildman–Crippen MR) is 54.3 cm³/mol. The standard InChI is InChI=1S/C10H18OS/c1-9(11)12-8-4-7-10-5-2-3-6-10/h10H,2-8H2,1H3. The van der Waals surface area contributed by atoms with Crippen LogP contribution in [0.25, 0.3) is 0 Å². The molecule has 0 atom stereocenters. The zero-order valence-corrected chi connectivity index (χ0v) is 8.66. The first kappa shape index (κ1) is 10.1. The van der Waals surface area contributed by atoms with Gasteiger partial charge in [0.1, 0.15) is 0 Å². The van der Waals surface area contributed by atoms with Crippen LogP contribution >= 0.6 is 11.8 Å². The molecule has 0 N–H and O–H groups in total. The Bertz CT molecular complexity index is 139. The van der Waals surface area contributed by atoms with Gasteiger partial charge in [-0.1, -0.05) is 37.4 Å². The molecule has 1 rings (SSSR count). The van der Waals surface area contributed by atoms with Crippen molar-refractivity contribution < 1.29 is 4.79 Å². The van der Waals surface area contributed by atoms with Gasteiger partial charge in [0.25, 0.3) is 0 Å². The maximum absolute atomic E-state index is 10.6. The molecule has 0 aromatic carbocycles. The monoisotopic (exact) mass is 186 g/mol. The van der Waals surface area contributed by atoms with Crippen LogP contribution in [0.1, 0.15) is 45.4 Å². The molecule has 0 aromatic heterocycles. The fraction of sp³-hybridized carbons (Fsp3) is 0.900.